The first-order chi connectivity index (χ1) is 7.75. The minimum atomic E-state index is 0.817. The fourth-order valence-electron chi connectivity index (χ4n) is 1.67. The van der Waals surface area contributed by atoms with Crippen LogP contribution in [0.3, 0.4) is 0 Å². The number of benzene rings is 1. The zero-order chi connectivity index (χ0) is 11.4. The highest BCUT2D eigenvalue weighted by molar-refractivity contribution is 5.39. The van der Waals surface area contributed by atoms with E-state index in [1.165, 1.54) is 5.56 Å². The van der Waals surface area contributed by atoms with Crippen LogP contribution in [0.5, 0.6) is 0 Å². The van der Waals surface area contributed by atoms with E-state index in [1.807, 2.05) is 23.7 Å². The van der Waals surface area contributed by atoms with E-state index >= 15 is 0 Å². The summed E-state index contributed by atoms with van der Waals surface area (Å²) in [6.45, 7) is 0. The molecule has 84 valence electrons. The minimum Gasteiger partial charge on any atom is -0.399 e. The Balaban J connectivity index is 1.84. The molecule has 0 unspecified atom stereocenters. The third-order valence-electron chi connectivity index (χ3n) is 2.65. The first-order valence-corrected chi connectivity index (χ1v) is 5.43. The van der Waals surface area contributed by atoms with Gasteiger partial charge in [-0.05, 0) is 30.5 Å². The summed E-state index contributed by atoms with van der Waals surface area (Å²) < 4.78 is 1.96. The summed E-state index contributed by atoms with van der Waals surface area (Å²) in [4.78, 5) is 0. The maximum Gasteiger partial charge on any atom is 0.132 e. The second-order valence-corrected chi connectivity index (χ2v) is 3.95. The number of aryl methyl sites for hydroxylation is 3. The Labute approximate surface area is 95.1 Å². The van der Waals surface area contributed by atoms with Crippen LogP contribution in [0.25, 0.3) is 0 Å². The quantitative estimate of drug-likeness (QED) is 0.789. The van der Waals surface area contributed by atoms with Crippen molar-refractivity contribution < 1.29 is 0 Å². The number of hydrogen-bond donors (Lipinski definition) is 1. The molecule has 0 saturated heterocycles. The predicted molar refractivity (Wildman–Crippen MR) is 63.9 cm³/mol. The average Bonchev–Trinajstić information content (AvgIpc) is 2.68. The van der Waals surface area contributed by atoms with Crippen molar-refractivity contribution in [3.05, 3.63) is 42.0 Å². The number of aromatic nitrogens is 3. The monoisotopic (exact) mass is 216 g/mol. The molecule has 0 spiro atoms. The lowest BCUT2D eigenvalue weighted by Crippen LogP contribution is -1.98. The van der Waals surface area contributed by atoms with E-state index in [0.29, 0.717) is 0 Å². The molecule has 0 aliphatic heterocycles. The van der Waals surface area contributed by atoms with Gasteiger partial charge >= 0.3 is 0 Å². The molecule has 0 amide bonds. The Bertz CT molecular complexity index is 444. The molecule has 1 aromatic heterocycles. The van der Waals surface area contributed by atoms with Crippen LogP contribution in [0.1, 0.15) is 17.8 Å². The Hall–Kier alpha value is -1.84. The summed E-state index contributed by atoms with van der Waals surface area (Å²) in [6, 6.07) is 8.04. The van der Waals surface area contributed by atoms with E-state index in [1.54, 1.807) is 6.33 Å². The molecule has 16 heavy (non-hydrogen) atoms. The van der Waals surface area contributed by atoms with Gasteiger partial charge in [-0.3, -0.25) is 0 Å². The lowest BCUT2D eigenvalue weighted by molar-refractivity contribution is 0.722. The molecule has 0 aliphatic carbocycles. The molecule has 0 aliphatic rings. The first-order valence-electron chi connectivity index (χ1n) is 5.43. The molecular formula is C12H16N4. The van der Waals surface area contributed by atoms with Crippen LogP contribution < -0.4 is 5.73 Å². The second-order valence-electron chi connectivity index (χ2n) is 3.95. The van der Waals surface area contributed by atoms with E-state index < -0.39 is 0 Å². The highest BCUT2D eigenvalue weighted by Gasteiger charge is 2.00. The number of nitrogen functional groups attached to an aromatic ring is 1. The summed E-state index contributed by atoms with van der Waals surface area (Å²) in [7, 11) is 1.97. The zero-order valence-electron chi connectivity index (χ0n) is 9.43. The van der Waals surface area contributed by atoms with Gasteiger partial charge in [-0.2, -0.15) is 0 Å². The van der Waals surface area contributed by atoms with Crippen molar-refractivity contribution in [1.29, 1.82) is 0 Å². The molecule has 0 bridgehead atoms. The van der Waals surface area contributed by atoms with Crippen LogP contribution in [0.4, 0.5) is 5.69 Å². The van der Waals surface area contributed by atoms with Gasteiger partial charge in [0.2, 0.25) is 0 Å². The summed E-state index contributed by atoms with van der Waals surface area (Å²) in [5.41, 5.74) is 7.76. The Morgan fingerprint density at radius 3 is 2.56 bits per heavy atom. The van der Waals surface area contributed by atoms with Gasteiger partial charge in [-0.15, -0.1) is 10.2 Å². The summed E-state index contributed by atoms with van der Waals surface area (Å²) in [5, 5.41) is 7.91. The van der Waals surface area contributed by atoms with E-state index in [9.17, 15) is 0 Å². The third kappa shape index (κ3) is 2.59. The molecule has 2 rings (SSSR count). The molecular weight excluding hydrogens is 200 g/mol. The first kappa shape index (κ1) is 10.7. The number of hydrogen-bond acceptors (Lipinski definition) is 3. The lowest BCUT2D eigenvalue weighted by Gasteiger charge is -2.02. The van der Waals surface area contributed by atoms with E-state index in [-0.39, 0.29) is 0 Å². The average molecular weight is 216 g/mol. The predicted octanol–water partition coefficient (Wildman–Crippen LogP) is 1.57. The fourth-order valence-corrected chi connectivity index (χ4v) is 1.67. The number of anilines is 1. The third-order valence-corrected chi connectivity index (χ3v) is 2.65. The molecule has 2 N–H and O–H groups in total. The smallest absolute Gasteiger partial charge is 0.132 e. The topological polar surface area (TPSA) is 56.7 Å². The number of nitrogens with two attached hydrogens (primary N) is 1. The van der Waals surface area contributed by atoms with Crippen LogP contribution in [0.15, 0.2) is 30.6 Å². The van der Waals surface area contributed by atoms with E-state index in [0.717, 1.165) is 30.8 Å². The molecule has 0 fully saturated rings. The zero-order valence-corrected chi connectivity index (χ0v) is 9.43. The van der Waals surface area contributed by atoms with Crippen molar-refractivity contribution in [2.24, 2.45) is 7.05 Å². The molecule has 1 heterocycles. The highest BCUT2D eigenvalue weighted by atomic mass is 15.2. The standard InChI is InChI=1S/C12H16N4/c1-16-9-14-15-12(16)4-2-3-10-5-7-11(13)8-6-10/h5-9H,2-4,13H2,1H3. The van der Waals surface area contributed by atoms with E-state index in [2.05, 4.69) is 22.3 Å². The lowest BCUT2D eigenvalue weighted by atomic mass is 10.1. The maximum absolute atomic E-state index is 5.63. The molecule has 1 aromatic carbocycles. The maximum atomic E-state index is 5.63. The van der Waals surface area contributed by atoms with Gasteiger partial charge < -0.3 is 10.3 Å². The van der Waals surface area contributed by atoms with Gasteiger partial charge in [0, 0.05) is 19.2 Å². The Kier molecular flexibility index (Phi) is 3.19. The SMILES string of the molecule is Cn1cnnc1CCCc1ccc(N)cc1. The minimum absolute atomic E-state index is 0.817. The summed E-state index contributed by atoms with van der Waals surface area (Å²) >= 11 is 0. The van der Waals surface area contributed by atoms with Gasteiger partial charge in [-0.1, -0.05) is 12.1 Å². The molecule has 4 nitrogen and oxygen atoms in total. The van der Waals surface area contributed by atoms with Gasteiger partial charge in [0.1, 0.15) is 12.2 Å². The van der Waals surface area contributed by atoms with Crippen molar-refractivity contribution in [1.82, 2.24) is 14.8 Å². The number of nitrogens with zero attached hydrogens (tertiary/aromatic N) is 3. The van der Waals surface area contributed by atoms with Gasteiger partial charge in [-0.25, -0.2) is 0 Å². The Morgan fingerprint density at radius 1 is 1.19 bits per heavy atom. The van der Waals surface area contributed by atoms with Crippen LogP contribution >= 0.6 is 0 Å². The molecule has 2 aromatic rings. The highest BCUT2D eigenvalue weighted by Crippen LogP contribution is 2.09. The summed E-state index contributed by atoms with van der Waals surface area (Å²) in [6.07, 6.45) is 4.82. The largest absolute Gasteiger partial charge is 0.399 e. The molecule has 0 radical (unpaired) electrons. The van der Waals surface area contributed by atoms with Crippen molar-refractivity contribution in [2.75, 3.05) is 5.73 Å². The van der Waals surface area contributed by atoms with Crippen molar-refractivity contribution in [3.8, 4) is 0 Å². The molecule has 4 heteroatoms. The Morgan fingerprint density at radius 2 is 1.94 bits per heavy atom. The van der Waals surface area contributed by atoms with Crippen LogP contribution in [-0.4, -0.2) is 14.8 Å². The summed E-state index contributed by atoms with van der Waals surface area (Å²) in [5.74, 6) is 1.04. The molecule has 0 saturated carbocycles. The van der Waals surface area contributed by atoms with Gasteiger partial charge in [0.05, 0.1) is 0 Å². The fraction of sp³-hybridized carbons (Fsp3) is 0.333. The van der Waals surface area contributed by atoms with Crippen molar-refractivity contribution in [3.63, 3.8) is 0 Å². The van der Waals surface area contributed by atoms with Crippen LogP contribution in [-0.2, 0) is 19.9 Å². The molecule has 0 atom stereocenters. The number of rotatable bonds is 4. The van der Waals surface area contributed by atoms with Gasteiger partial charge in [0.25, 0.3) is 0 Å². The second kappa shape index (κ2) is 4.79. The van der Waals surface area contributed by atoms with Gasteiger partial charge in [0.15, 0.2) is 0 Å². The van der Waals surface area contributed by atoms with Crippen LogP contribution in [0, 0.1) is 0 Å². The van der Waals surface area contributed by atoms with Crippen molar-refractivity contribution >= 4 is 5.69 Å². The normalized spacial score (nSPS) is 10.6. The van der Waals surface area contributed by atoms with Crippen molar-refractivity contribution in [2.45, 2.75) is 19.3 Å². The van der Waals surface area contributed by atoms with Crippen LogP contribution in [0.2, 0.25) is 0 Å². The van der Waals surface area contributed by atoms with E-state index in [4.69, 9.17) is 5.73 Å².